The summed E-state index contributed by atoms with van der Waals surface area (Å²) in [4.78, 5) is 38.9. The Hall–Kier alpha value is -2.37. The van der Waals surface area contributed by atoms with Crippen molar-refractivity contribution in [2.45, 2.75) is 31.1 Å². The van der Waals surface area contributed by atoms with Gasteiger partial charge in [-0.15, -0.1) is 10.2 Å². The smallest absolute Gasteiger partial charge is 0.288 e. The molecule has 1 saturated heterocycles. The van der Waals surface area contributed by atoms with E-state index in [0.29, 0.717) is 11.7 Å². The van der Waals surface area contributed by atoms with Gasteiger partial charge in [0, 0.05) is 13.1 Å². The van der Waals surface area contributed by atoms with Crippen LogP contribution in [0.2, 0.25) is 0 Å². The minimum absolute atomic E-state index is 0.114. The van der Waals surface area contributed by atoms with Crippen molar-refractivity contribution in [2.75, 3.05) is 38.7 Å². The average molecular weight is 477 g/mol. The number of carbonyl (C=O) groups excluding carboxylic acids is 3. The van der Waals surface area contributed by atoms with E-state index in [9.17, 15) is 14.4 Å². The first-order valence-electron chi connectivity index (χ1n) is 10.4. The fourth-order valence-electron chi connectivity index (χ4n) is 3.43. The highest BCUT2D eigenvalue weighted by Crippen LogP contribution is 2.26. The molecule has 172 valence electrons. The van der Waals surface area contributed by atoms with E-state index >= 15 is 0 Å². The van der Waals surface area contributed by atoms with Crippen LogP contribution >= 0.6 is 23.5 Å². The second-order valence-electron chi connectivity index (χ2n) is 7.54. The molecule has 1 aromatic carbocycles. The van der Waals surface area contributed by atoms with Gasteiger partial charge in [0.1, 0.15) is 0 Å². The Bertz CT molecular complexity index is 934. The molecule has 0 bridgehead atoms. The molecule has 1 aromatic heterocycles. The summed E-state index contributed by atoms with van der Waals surface area (Å²) in [5, 5.41) is 12.0. The van der Waals surface area contributed by atoms with Crippen LogP contribution < -0.4 is 5.32 Å². The standard InChI is InChI=1S/C21H28N6O3S2/c1-4-16(25(2)3)19-23-24-20(27(19)12-15-8-6-5-7-9-15)31-13-17(28)22-10-11-26-18(29)14-32-21(26)30/h5-9,16H,4,10-14H2,1-3H3,(H,22,28)/t16-/m0/s1. The van der Waals surface area contributed by atoms with E-state index in [1.54, 1.807) is 0 Å². The van der Waals surface area contributed by atoms with Crippen LogP contribution in [0.25, 0.3) is 0 Å². The molecule has 2 aromatic rings. The third-order valence-electron chi connectivity index (χ3n) is 5.07. The van der Waals surface area contributed by atoms with Gasteiger partial charge in [-0.2, -0.15) is 0 Å². The Morgan fingerprint density at radius 3 is 2.62 bits per heavy atom. The zero-order chi connectivity index (χ0) is 23.1. The summed E-state index contributed by atoms with van der Waals surface area (Å²) in [6, 6.07) is 10.2. The summed E-state index contributed by atoms with van der Waals surface area (Å²) in [7, 11) is 4.04. The van der Waals surface area contributed by atoms with Crippen LogP contribution in [0.3, 0.4) is 0 Å². The first kappa shape index (κ1) is 24.3. The number of benzene rings is 1. The number of nitrogens with one attached hydrogen (secondary N) is 1. The lowest BCUT2D eigenvalue weighted by Crippen LogP contribution is -2.38. The maximum absolute atomic E-state index is 12.3. The number of imide groups is 1. The van der Waals surface area contributed by atoms with E-state index in [0.717, 1.165) is 29.6 Å². The molecule has 1 aliphatic heterocycles. The number of rotatable bonds is 11. The molecule has 9 nitrogen and oxygen atoms in total. The minimum atomic E-state index is -0.258. The Labute approximate surface area is 196 Å². The van der Waals surface area contributed by atoms with E-state index in [4.69, 9.17) is 0 Å². The second kappa shape index (κ2) is 11.5. The van der Waals surface area contributed by atoms with Gasteiger partial charge in [0.15, 0.2) is 11.0 Å². The quantitative estimate of drug-likeness (QED) is 0.493. The van der Waals surface area contributed by atoms with Crippen molar-refractivity contribution in [3.8, 4) is 0 Å². The lowest BCUT2D eigenvalue weighted by atomic mass is 10.2. The third kappa shape index (κ3) is 6.11. The van der Waals surface area contributed by atoms with Crippen molar-refractivity contribution in [1.29, 1.82) is 0 Å². The third-order valence-corrected chi connectivity index (χ3v) is 6.89. The minimum Gasteiger partial charge on any atom is -0.354 e. The van der Waals surface area contributed by atoms with Gasteiger partial charge in [-0.25, -0.2) is 0 Å². The predicted octanol–water partition coefficient (Wildman–Crippen LogP) is 2.24. The fourth-order valence-corrected chi connectivity index (χ4v) is 4.96. The maximum atomic E-state index is 12.3. The first-order valence-corrected chi connectivity index (χ1v) is 12.4. The topological polar surface area (TPSA) is 100 Å². The van der Waals surface area contributed by atoms with Gasteiger partial charge in [-0.3, -0.25) is 24.2 Å². The molecule has 0 saturated carbocycles. The molecule has 2 heterocycles. The molecule has 3 rings (SSSR count). The van der Waals surface area contributed by atoms with Gasteiger partial charge in [-0.1, -0.05) is 60.8 Å². The zero-order valence-corrected chi connectivity index (χ0v) is 20.1. The molecule has 0 aliphatic carbocycles. The van der Waals surface area contributed by atoms with Crippen LogP contribution in [0.1, 0.15) is 30.8 Å². The molecular formula is C21H28N6O3S2. The van der Waals surface area contributed by atoms with Gasteiger partial charge in [0.2, 0.25) is 11.8 Å². The Balaban J connectivity index is 1.63. The second-order valence-corrected chi connectivity index (χ2v) is 9.41. The monoisotopic (exact) mass is 476 g/mol. The molecule has 3 amide bonds. The number of aromatic nitrogens is 3. The normalized spacial score (nSPS) is 14.9. The Morgan fingerprint density at radius 1 is 1.25 bits per heavy atom. The van der Waals surface area contributed by atoms with Crippen molar-refractivity contribution >= 4 is 40.6 Å². The molecule has 11 heteroatoms. The van der Waals surface area contributed by atoms with Gasteiger partial charge in [-0.05, 0) is 26.1 Å². The number of hydrogen-bond donors (Lipinski definition) is 1. The number of thioether (sulfide) groups is 2. The van der Waals surface area contributed by atoms with Crippen LogP contribution in [0.5, 0.6) is 0 Å². The summed E-state index contributed by atoms with van der Waals surface area (Å²) in [5.74, 6) is 0.817. The van der Waals surface area contributed by atoms with E-state index in [1.807, 2.05) is 32.3 Å². The van der Waals surface area contributed by atoms with Crippen LogP contribution in [0, 0.1) is 0 Å². The van der Waals surface area contributed by atoms with Crippen molar-refractivity contribution in [3.05, 3.63) is 41.7 Å². The molecule has 0 radical (unpaired) electrons. The molecule has 1 atom stereocenters. The van der Waals surface area contributed by atoms with Crippen molar-refractivity contribution < 1.29 is 14.4 Å². The molecular weight excluding hydrogens is 448 g/mol. The highest BCUT2D eigenvalue weighted by Gasteiger charge is 2.29. The van der Waals surface area contributed by atoms with Gasteiger partial charge in [0.05, 0.1) is 24.1 Å². The molecule has 32 heavy (non-hydrogen) atoms. The molecule has 0 spiro atoms. The highest BCUT2D eigenvalue weighted by molar-refractivity contribution is 8.14. The maximum Gasteiger partial charge on any atom is 0.288 e. The number of nitrogens with zero attached hydrogens (tertiary/aromatic N) is 5. The van der Waals surface area contributed by atoms with E-state index in [2.05, 4.69) is 44.0 Å². The fraction of sp³-hybridized carbons (Fsp3) is 0.476. The molecule has 0 unspecified atom stereocenters. The van der Waals surface area contributed by atoms with Crippen molar-refractivity contribution in [3.63, 3.8) is 0 Å². The van der Waals surface area contributed by atoms with Crippen LogP contribution in [-0.4, -0.2) is 80.3 Å². The summed E-state index contributed by atoms with van der Waals surface area (Å²) >= 11 is 2.32. The zero-order valence-electron chi connectivity index (χ0n) is 18.5. The summed E-state index contributed by atoms with van der Waals surface area (Å²) in [6.45, 7) is 3.16. The molecule has 1 N–H and O–H groups in total. The Kier molecular flexibility index (Phi) is 8.71. The van der Waals surface area contributed by atoms with Gasteiger partial charge >= 0.3 is 0 Å². The van der Waals surface area contributed by atoms with Gasteiger partial charge in [0.25, 0.3) is 5.24 Å². The summed E-state index contributed by atoms with van der Waals surface area (Å²) in [6.07, 6.45) is 0.886. The lowest BCUT2D eigenvalue weighted by Gasteiger charge is -2.23. The van der Waals surface area contributed by atoms with Crippen molar-refractivity contribution in [1.82, 2.24) is 29.9 Å². The van der Waals surface area contributed by atoms with Gasteiger partial charge < -0.3 is 9.88 Å². The van der Waals surface area contributed by atoms with Crippen molar-refractivity contribution in [2.24, 2.45) is 0 Å². The summed E-state index contributed by atoms with van der Waals surface area (Å²) < 4.78 is 2.07. The van der Waals surface area contributed by atoms with Crippen LogP contribution in [0.15, 0.2) is 35.5 Å². The van der Waals surface area contributed by atoms with Crippen LogP contribution in [-0.2, 0) is 16.1 Å². The summed E-state index contributed by atoms with van der Waals surface area (Å²) in [5.41, 5.74) is 1.13. The number of carbonyl (C=O) groups is 3. The highest BCUT2D eigenvalue weighted by atomic mass is 32.2. The number of hydrogen-bond acceptors (Lipinski definition) is 8. The van der Waals surface area contributed by atoms with E-state index in [-0.39, 0.29) is 47.7 Å². The average Bonchev–Trinajstić information content (AvgIpc) is 3.31. The van der Waals surface area contributed by atoms with Crippen LogP contribution in [0.4, 0.5) is 4.79 Å². The molecule has 1 fully saturated rings. The molecule has 1 aliphatic rings. The van der Waals surface area contributed by atoms with E-state index in [1.165, 1.54) is 16.7 Å². The lowest BCUT2D eigenvalue weighted by molar-refractivity contribution is -0.125. The SMILES string of the molecule is CC[C@@H](c1nnc(SCC(=O)NCCN2C(=O)CSC2=O)n1Cc1ccccc1)N(C)C. The number of amides is 3. The van der Waals surface area contributed by atoms with E-state index < -0.39 is 0 Å². The predicted molar refractivity (Wildman–Crippen MR) is 126 cm³/mol. The Morgan fingerprint density at radius 2 is 2.00 bits per heavy atom. The largest absolute Gasteiger partial charge is 0.354 e. The first-order chi connectivity index (χ1) is 15.4.